The van der Waals surface area contributed by atoms with Crippen LogP contribution in [-0.2, 0) is 4.79 Å². The number of hydrogen-bond acceptors (Lipinski definition) is 7. The lowest BCUT2D eigenvalue weighted by Gasteiger charge is -2.39. The van der Waals surface area contributed by atoms with Crippen LogP contribution in [0.3, 0.4) is 0 Å². The summed E-state index contributed by atoms with van der Waals surface area (Å²) in [5.74, 6) is 1.63. The lowest BCUT2D eigenvalue weighted by atomic mass is 9.95. The van der Waals surface area contributed by atoms with Crippen molar-refractivity contribution in [1.82, 2.24) is 15.0 Å². The van der Waals surface area contributed by atoms with Gasteiger partial charge in [-0.15, -0.1) is 0 Å². The first kappa shape index (κ1) is 22.5. The first-order valence-electron chi connectivity index (χ1n) is 11.6. The molecule has 0 radical (unpaired) electrons. The number of amides is 1. The van der Waals surface area contributed by atoms with Crippen LogP contribution in [0.4, 0.5) is 11.7 Å². The maximum absolute atomic E-state index is 13.1. The Balaban J connectivity index is 1.13. The molecule has 3 heterocycles. The summed E-state index contributed by atoms with van der Waals surface area (Å²) in [7, 11) is 1.64. The van der Waals surface area contributed by atoms with Crippen LogP contribution in [0.2, 0.25) is 5.02 Å². The Morgan fingerprint density at radius 1 is 1.00 bits per heavy atom. The summed E-state index contributed by atoms with van der Waals surface area (Å²) in [5.41, 5.74) is 1.99. The van der Waals surface area contributed by atoms with Crippen LogP contribution in [0, 0.1) is 5.92 Å². The molecular formula is C25H28ClN5O3. The van der Waals surface area contributed by atoms with Gasteiger partial charge in [0.1, 0.15) is 5.75 Å². The van der Waals surface area contributed by atoms with Gasteiger partial charge in [-0.3, -0.25) is 4.79 Å². The Labute approximate surface area is 204 Å². The van der Waals surface area contributed by atoms with Crippen molar-refractivity contribution in [3.63, 3.8) is 0 Å². The van der Waals surface area contributed by atoms with Crippen LogP contribution in [-0.4, -0.2) is 67.3 Å². The van der Waals surface area contributed by atoms with Gasteiger partial charge in [0.25, 0.3) is 0 Å². The number of anilines is 2. The molecule has 1 amide bonds. The van der Waals surface area contributed by atoms with E-state index in [1.807, 2.05) is 47.4 Å². The van der Waals surface area contributed by atoms with E-state index in [2.05, 4.69) is 26.0 Å². The third kappa shape index (κ3) is 4.82. The summed E-state index contributed by atoms with van der Waals surface area (Å²) in [6, 6.07) is 16.0. The minimum Gasteiger partial charge on any atom is -0.497 e. The molecule has 0 aliphatic carbocycles. The van der Waals surface area contributed by atoms with Gasteiger partial charge in [-0.05, 0) is 55.3 Å². The number of halogens is 1. The quantitative estimate of drug-likeness (QED) is 0.546. The van der Waals surface area contributed by atoms with Crippen molar-refractivity contribution in [3.05, 3.63) is 53.6 Å². The monoisotopic (exact) mass is 481 g/mol. The molecule has 0 saturated carbocycles. The molecule has 2 aliphatic heterocycles. The lowest BCUT2D eigenvalue weighted by molar-refractivity contribution is -0.136. The second kappa shape index (κ2) is 9.93. The summed E-state index contributed by atoms with van der Waals surface area (Å²) in [4.78, 5) is 24.1. The van der Waals surface area contributed by atoms with Crippen LogP contribution in [0.15, 0.2) is 53.1 Å². The number of aromatic nitrogens is 2. The van der Waals surface area contributed by atoms with E-state index < -0.39 is 0 Å². The second-order valence-electron chi connectivity index (χ2n) is 8.68. The number of rotatable bonds is 5. The number of nitrogens with zero attached hydrogens (tertiary/aromatic N) is 5. The molecule has 3 aromatic rings. The van der Waals surface area contributed by atoms with Crippen molar-refractivity contribution < 1.29 is 14.1 Å². The Morgan fingerprint density at radius 2 is 1.74 bits per heavy atom. The summed E-state index contributed by atoms with van der Waals surface area (Å²) in [5, 5.41) is 4.86. The smallest absolute Gasteiger partial charge is 0.324 e. The van der Waals surface area contributed by atoms with E-state index in [1.54, 1.807) is 7.11 Å². The molecule has 178 valence electrons. The highest BCUT2D eigenvalue weighted by Gasteiger charge is 2.32. The minimum absolute atomic E-state index is 0.0398. The number of methoxy groups -OCH3 is 1. The van der Waals surface area contributed by atoms with Gasteiger partial charge in [-0.25, -0.2) is 0 Å². The fourth-order valence-corrected chi connectivity index (χ4v) is 4.82. The highest BCUT2D eigenvalue weighted by atomic mass is 35.5. The number of carbonyl (C=O) groups excluding carboxylic acids is 1. The van der Waals surface area contributed by atoms with E-state index in [0.717, 1.165) is 74.1 Å². The predicted octanol–water partition coefficient (Wildman–Crippen LogP) is 3.96. The summed E-state index contributed by atoms with van der Waals surface area (Å²) in [6.45, 7) is 4.56. The fourth-order valence-electron chi connectivity index (χ4n) is 4.64. The van der Waals surface area contributed by atoms with Crippen molar-refractivity contribution in [2.24, 2.45) is 5.92 Å². The van der Waals surface area contributed by atoms with Crippen LogP contribution >= 0.6 is 11.6 Å². The lowest BCUT2D eigenvalue weighted by Crippen LogP contribution is -2.51. The molecule has 9 heteroatoms. The average molecular weight is 482 g/mol. The SMILES string of the molecule is COc1ccc(-c2noc(N3CCC(C(=O)N4CCN(c5cccc(Cl)c5)CC4)CC3)n2)cc1. The van der Waals surface area contributed by atoms with Gasteiger partial charge in [-0.1, -0.05) is 22.8 Å². The Bertz CT molecular complexity index is 1120. The second-order valence-corrected chi connectivity index (χ2v) is 9.12. The molecular weight excluding hydrogens is 454 g/mol. The molecule has 1 aromatic heterocycles. The molecule has 2 aliphatic rings. The zero-order valence-electron chi connectivity index (χ0n) is 19.2. The highest BCUT2D eigenvalue weighted by Crippen LogP contribution is 2.27. The molecule has 34 heavy (non-hydrogen) atoms. The van der Waals surface area contributed by atoms with E-state index >= 15 is 0 Å². The molecule has 2 saturated heterocycles. The Morgan fingerprint density at radius 3 is 2.41 bits per heavy atom. The summed E-state index contributed by atoms with van der Waals surface area (Å²) < 4.78 is 10.7. The Hall–Kier alpha value is -3.26. The molecule has 0 unspecified atom stereocenters. The maximum atomic E-state index is 13.1. The van der Waals surface area contributed by atoms with E-state index in [0.29, 0.717) is 11.8 Å². The van der Waals surface area contributed by atoms with E-state index in [9.17, 15) is 4.79 Å². The molecule has 0 N–H and O–H groups in total. The average Bonchev–Trinajstić information content (AvgIpc) is 3.39. The van der Waals surface area contributed by atoms with Gasteiger partial charge in [0.15, 0.2) is 0 Å². The number of ether oxygens (including phenoxy) is 1. The zero-order valence-corrected chi connectivity index (χ0v) is 19.9. The van der Waals surface area contributed by atoms with Crippen LogP contribution < -0.4 is 14.5 Å². The summed E-state index contributed by atoms with van der Waals surface area (Å²) >= 11 is 6.13. The number of piperazine rings is 1. The minimum atomic E-state index is 0.0398. The molecule has 2 fully saturated rings. The fraction of sp³-hybridized carbons (Fsp3) is 0.400. The number of carbonyl (C=O) groups is 1. The third-order valence-electron chi connectivity index (χ3n) is 6.64. The zero-order chi connectivity index (χ0) is 23.5. The van der Waals surface area contributed by atoms with Gasteiger partial charge in [0.2, 0.25) is 11.7 Å². The standard InChI is InChI=1S/C25H28ClN5O3/c1-33-22-7-5-18(6-8-22)23-27-25(34-28-23)31-11-9-19(10-12-31)24(32)30-15-13-29(14-16-30)21-4-2-3-20(26)17-21/h2-8,17,19H,9-16H2,1H3. The Kier molecular flexibility index (Phi) is 6.58. The first-order valence-corrected chi connectivity index (χ1v) is 12.0. The van der Waals surface area contributed by atoms with E-state index in [4.69, 9.17) is 20.9 Å². The van der Waals surface area contributed by atoms with Crippen molar-refractivity contribution in [2.45, 2.75) is 12.8 Å². The molecule has 8 nitrogen and oxygen atoms in total. The maximum Gasteiger partial charge on any atom is 0.324 e. The van der Waals surface area contributed by atoms with Crippen LogP contribution in [0.25, 0.3) is 11.4 Å². The van der Waals surface area contributed by atoms with Crippen LogP contribution in [0.5, 0.6) is 5.75 Å². The number of piperidine rings is 1. The van der Waals surface area contributed by atoms with Crippen LogP contribution in [0.1, 0.15) is 12.8 Å². The van der Waals surface area contributed by atoms with Gasteiger partial charge in [0.05, 0.1) is 7.11 Å². The first-order chi connectivity index (χ1) is 16.6. The van der Waals surface area contributed by atoms with Gasteiger partial charge in [0, 0.05) is 61.5 Å². The van der Waals surface area contributed by atoms with Gasteiger partial charge >= 0.3 is 6.01 Å². The summed E-state index contributed by atoms with van der Waals surface area (Å²) in [6.07, 6.45) is 1.57. The normalized spacial score (nSPS) is 17.2. The topological polar surface area (TPSA) is 74.9 Å². The van der Waals surface area contributed by atoms with Gasteiger partial charge in [-0.2, -0.15) is 4.98 Å². The van der Waals surface area contributed by atoms with Crippen molar-refractivity contribution in [3.8, 4) is 17.1 Å². The molecule has 5 rings (SSSR count). The van der Waals surface area contributed by atoms with Crippen molar-refractivity contribution in [2.75, 3.05) is 56.2 Å². The highest BCUT2D eigenvalue weighted by molar-refractivity contribution is 6.30. The predicted molar refractivity (Wildman–Crippen MR) is 131 cm³/mol. The largest absolute Gasteiger partial charge is 0.497 e. The number of benzene rings is 2. The molecule has 0 spiro atoms. The van der Waals surface area contributed by atoms with Crippen molar-refractivity contribution >= 4 is 29.2 Å². The number of hydrogen-bond donors (Lipinski definition) is 0. The third-order valence-corrected chi connectivity index (χ3v) is 6.88. The molecule has 0 atom stereocenters. The van der Waals surface area contributed by atoms with E-state index in [1.165, 1.54) is 0 Å². The molecule has 2 aromatic carbocycles. The van der Waals surface area contributed by atoms with Gasteiger partial charge < -0.3 is 24.0 Å². The molecule has 0 bridgehead atoms. The van der Waals surface area contributed by atoms with Crippen molar-refractivity contribution in [1.29, 1.82) is 0 Å². The van der Waals surface area contributed by atoms with E-state index in [-0.39, 0.29) is 11.8 Å².